The number of rotatable bonds is 5. The summed E-state index contributed by atoms with van der Waals surface area (Å²) in [6, 6.07) is 8.68. The Morgan fingerprint density at radius 2 is 2.00 bits per heavy atom. The molecule has 0 aliphatic carbocycles. The van der Waals surface area contributed by atoms with Crippen LogP contribution in [0.1, 0.15) is 29.7 Å². The Balaban J connectivity index is 2.24. The third-order valence-corrected chi connectivity index (χ3v) is 2.84. The predicted molar refractivity (Wildman–Crippen MR) is 75.9 cm³/mol. The molecule has 2 rings (SSSR count). The molecule has 21 heavy (non-hydrogen) atoms. The molecule has 0 spiro atoms. The molecule has 0 saturated carbocycles. The standard InChI is InChI=1S/C15H16N2O4/c1-9(8-12(18)19)16-15(20)13-14(21-10(2)17-13)11-6-4-3-5-7-11/h3-7,9H,8H2,1-2H3,(H,16,20)(H,18,19). The molecule has 1 amide bonds. The van der Waals surface area contributed by atoms with Crippen molar-refractivity contribution >= 4 is 11.9 Å². The van der Waals surface area contributed by atoms with Gasteiger partial charge in [0.2, 0.25) is 0 Å². The second kappa shape index (κ2) is 6.21. The zero-order valence-electron chi connectivity index (χ0n) is 11.8. The van der Waals surface area contributed by atoms with Crippen molar-refractivity contribution in [2.75, 3.05) is 0 Å². The molecule has 1 unspecified atom stereocenters. The van der Waals surface area contributed by atoms with Crippen molar-refractivity contribution in [1.29, 1.82) is 0 Å². The lowest BCUT2D eigenvalue weighted by Crippen LogP contribution is -2.34. The van der Waals surface area contributed by atoms with E-state index in [-0.39, 0.29) is 12.1 Å². The molecular formula is C15H16N2O4. The molecule has 2 aromatic rings. The van der Waals surface area contributed by atoms with Gasteiger partial charge in [0.05, 0.1) is 6.42 Å². The first-order valence-corrected chi connectivity index (χ1v) is 6.53. The van der Waals surface area contributed by atoms with Gasteiger partial charge in [-0.05, 0) is 6.92 Å². The van der Waals surface area contributed by atoms with Gasteiger partial charge in [-0.2, -0.15) is 0 Å². The van der Waals surface area contributed by atoms with Crippen molar-refractivity contribution in [1.82, 2.24) is 10.3 Å². The van der Waals surface area contributed by atoms with Crippen LogP contribution in [0.25, 0.3) is 11.3 Å². The highest BCUT2D eigenvalue weighted by molar-refractivity contribution is 5.98. The quantitative estimate of drug-likeness (QED) is 0.880. The van der Waals surface area contributed by atoms with Crippen LogP contribution in [0.2, 0.25) is 0 Å². The van der Waals surface area contributed by atoms with Crippen LogP contribution in [0.4, 0.5) is 0 Å². The normalized spacial score (nSPS) is 11.9. The van der Waals surface area contributed by atoms with Gasteiger partial charge in [0.1, 0.15) is 0 Å². The fourth-order valence-corrected chi connectivity index (χ4v) is 1.97. The second-order valence-corrected chi connectivity index (χ2v) is 4.75. The number of nitrogens with zero attached hydrogens (tertiary/aromatic N) is 1. The average Bonchev–Trinajstić information content (AvgIpc) is 2.81. The molecule has 0 fully saturated rings. The molecule has 6 heteroatoms. The van der Waals surface area contributed by atoms with Crippen molar-refractivity contribution in [3.63, 3.8) is 0 Å². The molecule has 0 aliphatic rings. The summed E-state index contributed by atoms with van der Waals surface area (Å²) >= 11 is 0. The number of aliphatic carboxylic acids is 1. The molecular weight excluding hydrogens is 272 g/mol. The first kappa shape index (κ1) is 14.8. The van der Waals surface area contributed by atoms with Crippen LogP contribution in [0.15, 0.2) is 34.7 Å². The highest BCUT2D eigenvalue weighted by Crippen LogP contribution is 2.24. The number of hydrogen-bond acceptors (Lipinski definition) is 4. The smallest absolute Gasteiger partial charge is 0.305 e. The van der Waals surface area contributed by atoms with Crippen molar-refractivity contribution < 1.29 is 19.1 Å². The monoisotopic (exact) mass is 288 g/mol. The zero-order chi connectivity index (χ0) is 15.4. The summed E-state index contributed by atoms with van der Waals surface area (Å²) in [4.78, 5) is 26.9. The summed E-state index contributed by atoms with van der Waals surface area (Å²) in [6.07, 6.45) is -0.150. The molecule has 0 saturated heterocycles. The van der Waals surface area contributed by atoms with Gasteiger partial charge in [0, 0.05) is 18.5 Å². The van der Waals surface area contributed by atoms with Crippen molar-refractivity contribution in [3.05, 3.63) is 41.9 Å². The minimum absolute atomic E-state index is 0.150. The first-order chi connectivity index (χ1) is 9.97. The summed E-state index contributed by atoms with van der Waals surface area (Å²) in [5.41, 5.74) is 0.907. The van der Waals surface area contributed by atoms with Crippen molar-refractivity contribution in [3.8, 4) is 11.3 Å². The van der Waals surface area contributed by atoms with E-state index in [9.17, 15) is 9.59 Å². The topological polar surface area (TPSA) is 92.4 Å². The van der Waals surface area contributed by atoms with Gasteiger partial charge < -0.3 is 14.8 Å². The molecule has 0 radical (unpaired) electrons. The number of hydrogen-bond donors (Lipinski definition) is 2. The molecule has 0 bridgehead atoms. The second-order valence-electron chi connectivity index (χ2n) is 4.75. The summed E-state index contributed by atoms with van der Waals surface area (Å²) in [6.45, 7) is 3.28. The number of carboxylic acid groups (broad SMARTS) is 1. The lowest BCUT2D eigenvalue weighted by atomic mass is 10.1. The maximum atomic E-state index is 12.2. The predicted octanol–water partition coefficient (Wildman–Crippen LogP) is 2.24. The summed E-state index contributed by atoms with van der Waals surface area (Å²) < 4.78 is 5.50. The highest BCUT2D eigenvalue weighted by atomic mass is 16.4. The van der Waals surface area contributed by atoms with Gasteiger partial charge in [-0.3, -0.25) is 9.59 Å². The van der Waals surface area contributed by atoms with Gasteiger partial charge in [0.15, 0.2) is 17.3 Å². The molecule has 6 nitrogen and oxygen atoms in total. The molecule has 110 valence electrons. The third-order valence-electron chi connectivity index (χ3n) is 2.84. The van der Waals surface area contributed by atoms with Crippen LogP contribution < -0.4 is 5.32 Å². The van der Waals surface area contributed by atoms with E-state index in [0.29, 0.717) is 11.7 Å². The lowest BCUT2D eigenvalue weighted by Gasteiger charge is -2.10. The lowest BCUT2D eigenvalue weighted by molar-refractivity contribution is -0.137. The molecule has 2 N–H and O–H groups in total. The van der Waals surface area contributed by atoms with E-state index in [1.807, 2.05) is 30.3 Å². The zero-order valence-corrected chi connectivity index (χ0v) is 11.8. The third kappa shape index (κ3) is 3.68. The van der Waals surface area contributed by atoms with E-state index in [0.717, 1.165) is 5.56 Å². The Hall–Kier alpha value is -2.63. The molecule has 1 atom stereocenters. The number of aryl methyl sites for hydroxylation is 1. The van der Waals surface area contributed by atoms with Gasteiger partial charge >= 0.3 is 5.97 Å². The number of carbonyl (C=O) groups excluding carboxylic acids is 1. The number of carbonyl (C=O) groups is 2. The Kier molecular flexibility index (Phi) is 4.37. The highest BCUT2D eigenvalue weighted by Gasteiger charge is 2.21. The number of amides is 1. The summed E-state index contributed by atoms with van der Waals surface area (Å²) in [5.74, 6) is -0.653. The van der Waals surface area contributed by atoms with E-state index < -0.39 is 17.9 Å². The fourth-order valence-electron chi connectivity index (χ4n) is 1.97. The fraction of sp³-hybridized carbons (Fsp3) is 0.267. The largest absolute Gasteiger partial charge is 0.481 e. The number of benzene rings is 1. The molecule has 1 aromatic carbocycles. The Morgan fingerprint density at radius 3 is 2.62 bits per heavy atom. The van der Waals surface area contributed by atoms with Crippen LogP contribution in [-0.4, -0.2) is 28.0 Å². The Morgan fingerprint density at radius 1 is 1.33 bits per heavy atom. The first-order valence-electron chi connectivity index (χ1n) is 6.53. The Bertz CT molecular complexity index is 649. The van der Waals surface area contributed by atoms with E-state index >= 15 is 0 Å². The van der Waals surface area contributed by atoms with Crippen LogP contribution >= 0.6 is 0 Å². The van der Waals surface area contributed by atoms with E-state index in [1.54, 1.807) is 13.8 Å². The maximum absolute atomic E-state index is 12.2. The average molecular weight is 288 g/mol. The molecule has 1 aromatic heterocycles. The van der Waals surface area contributed by atoms with Gasteiger partial charge in [-0.15, -0.1) is 0 Å². The van der Waals surface area contributed by atoms with Gasteiger partial charge in [0.25, 0.3) is 5.91 Å². The SMILES string of the molecule is Cc1nc(C(=O)NC(C)CC(=O)O)c(-c2ccccc2)o1. The van der Waals surface area contributed by atoms with Crippen LogP contribution in [0.3, 0.4) is 0 Å². The molecule has 0 aliphatic heterocycles. The van der Waals surface area contributed by atoms with E-state index in [2.05, 4.69) is 10.3 Å². The number of carboxylic acids is 1. The number of nitrogens with one attached hydrogen (secondary N) is 1. The minimum Gasteiger partial charge on any atom is -0.481 e. The van der Waals surface area contributed by atoms with Crippen LogP contribution in [0.5, 0.6) is 0 Å². The van der Waals surface area contributed by atoms with E-state index in [4.69, 9.17) is 9.52 Å². The van der Waals surface area contributed by atoms with Gasteiger partial charge in [-0.25, -0.2) is 4.98 Å². The van der Waals surface area contributed by atoms with E-state index in [1.165, 1.54) is 0 Å². The van der Waals surface area contributed by atoms with Gasteiger partial charge in [-0.1, -0.05) is 30.3 Å². The minimum atomic E-state index is -0.970. The van der Waals surface area contributed by atoms with Crippen molar-refractivity contribution in [2.24, 2.45) is 0 Å². The Labute approximate surface area is 121 Å². The van der Waals surface area contributed by atoms with Crippen LogP contribution in [0, 0.1) is 6.92 Å². The van der Waals surface area contributed by atoms with Crippen molar-refractivity contribution in [2.45, 2.75) is 26.3 Å². The maximum Gasteiger partial charge on any atom is 0.305 e. The van der Waals surface area contributed by atoms with Crippen LogP contribution in [-0.2, 0) is 4.79 Å². The molecule has 1 heterocycles. The summed E-state index contributed by atoms with van der Waals surface area (Å²) in [7, 11) is 0. The number of oxazole rings is 1. The number of aromatic nitrogens is 1. The summed E-state index contributed by atoms with van der Waals surface area (Å²) in [5, 5.41) is 11.3.